The molecule has 0 saturated heterocycles. The van der Waals surface area contributed by atoms with Crippen molar-refractivity contribution in [3.63, 3.8) is 0 Å². The molecule has 2 aromatic carbocycles. The van der Waals surface area contributed by atoms with Gasteiger partial charge in [0.2, 0.25) is 0 Å². The molecule has 2 rings (SSSR count). The average molecular weight is 424 g/mol. The summed E-state index contributed by atoms with van der Waals surface area (Å²) in [7, 11) is 0. The van der Waals surface area contributed by atoms with Gasteiger partial charge in [0.05, 0.1) is 24.3 Å². The lowest BCUT2D eigenvalue weighted by atomic mass is 10.1. The Kier molecular flexibility index (Phi) is 9.90. The lowest BCUT2D eigenvalue weighted by molar-refractivity contribution is 0.0550. The average Bonchev–Trinajstić information content (AvgIpc) is 2.78. The molecule has 156 valence electrons. The molecule has 0 aromatic heterocycles. The third kappa shape index (κ3) is 6.60. The van der Waals surface area contributed by atoms with Gasteiger partial charge in [-0.25, -0.2) is 0 Å². The number of hydrogen-bond acceptors (Lipinski definition) is 6. The van der Waals surface area contributed by atoms with Crippen LogP contribution in [0.4, 0.5) is 0 Å². The van der Waals surface area contributed by atoms with Gasteiger partial charge < -0.3 is 14.4 Å². The molecule has 0 saturated carbocycles. The van der Waals surface area contributed by atoms with Gasteiger partial charge in [-0.15, -0.1) is 0 Å². The van der Waals surface area contributed by atoms with E-state index in [1.54, 1.807) is 29.2 Å². The topological polar surface area (TPSA) is 86.3 Å². The first-order valence-electron chi connectivity index (χ1n) is 9.80. The summed E-state index contributed by atoms with van der Waals surface area (Å²) in [5.74, 6) is -0.0739. The maximum Gasteiger partial charge on any atom is 0.254 e. The molecule has 30 heavy (non-hydrogen) atoms. The minimum absolute atomic E-state index is 0.0739. The lowest BCUT2D eigenvalue weighted by Crippen LogP contribution is -2.36. The van der Waals surface area contributed by atoms with Gasteiger partial charge in [0.1, 0.15) is 12.1 Å². The Morgan fingerprint density at radius 2 is 1.60 bits per heavy atom. The van der Waals surface area contributed by atoms with Crippen LogP contribution in [0.3, 0.4) is 0 Å². The molecule has 0 bridgehead atoms. The first kappa shape index (κ1) is 23.4. The molecule has 0 heterocycles. The van der Waals surface area contributed by atoms with E-state index in [-0.39, 0.29) is 5.91 Å². The summed E-state index contributed by atoms with van der Waals surface area (Å²) in [5, 5.41) is 18.6. The summed E-state index contributed by atoms with van der Waals surface area (Å²) in [4.78, 5) is 16.2. The van der Waals surface area contributed by atoms with Crippen molar-refractivity contribution in [2.45, 2.75) is 23.6 Å². The maximum absolute atomic E-state index is 12.9. The predicted molar refractivity (Wildman–Crippen MR) is 115 cm³/mol. The summed E-state index contributed by atoms with van der Waals surface area (Å²) < 4.78 is 10.8. The molecular formula is C23H25N3O3S. The van der Waals surface area contributed by atoms with Crippen LogP contribution in [-0.2, 0) is 9.47 Å². The van der Waals surface area contributed by atoms with Gasteiger partial charge >= 0.3 is 0 Å². The number of amides is 1. The number of benzene rings is 2. The van der Waals surface area contributed by atoms with Gasteiger partial charge in [-0.05, 0) is 50.2 Å². The highest BCUT2D eigenvalue weighted by atomic mass is 32.2. The molecule has 0 aliphatic carbocycles. The Balaban J connectivity index is 2.12. The first-order chi connectivity index (χ1) is 14.6. The molecule has 0 radical (unpaired) electrons. The Bertz CT molecular complexity index is 907. The summed E-state index contributed by atoms with van der Waals surface area (Å²) in [6.45, 7) is 7.03. The largest absolute Gasteiger partial charge is 0.380 e. The number of nitrogens with zero attached hydrogens (tertiary/aromatic N) is 3. The second-order valence-electron chi connectivity index (χ2n) is 6.21. The zero-order chi connectivity index (χ0) is 21.8. The maximum atomic E-state index is 12.9. The van der Waals surface area contributed by atoms with Crippen molar-refractivity contribution in [3.8, 4) is 12.1 Å². The molecule has 0 N–H and O–H groups in total. The molecule has 0 aliphatic heterocycles. The Morgan fingerprint density at radius 1 is 0.967 bits per heavy atom. The third-order valence-corrected chi connectivity index (χ3v) is 5.36. The second-order valence-corrected chi connectivity index (χ2v) is 7.33. The molecule has 0 aliphatic rings. The smallest absolute Gasteiger partial charge is 0.254 e. The van der Waals surface area contributed by atoms with Crippen LogP contribution < -0.4 is 0 Å². The van der Waals surface area contributed by atoms with Crippen LogP contribution in [0.2, 0.25) is 0 Å². The molecule has 1 amide bonds. The van der Waals surface area contributed by atoms with E-state index in [2.05, 4.69) is 6.07 Å². The minimum atomic E-state index is -0.0739. The van der Waals surface area contributed by atoms with Crippen LogP contribution in [0.15, 0.2) is 52.3 Å². The zero-order valence-electron chi connectivity index (χ0n) is 17.3. The summed E-state index contributed by atoms with van der Waals surface area (Å²) >= 11 is 1.39. The van der Waals surface area contributed by atoms with Crippen molar-refractivity contribution >= 4 is 17.7 Å². The predicted octanol–water partition coefficient (Wildman–Crippen LogP) is 4.10. The second kappa shape index (κ2) is 12.7. The quantitative estimate of drug-likeness (QED) is 0.506. The molecule has 7 heteroatoms. The Labute approximate surface area is 182 Å². The highest BCUT2D eigenvalue weighted by Gasteiger charge is 2.16. The van der Waals surface area contributed by atoms with Gasteiger partial charge in [0, 0.05) is 41.7 Å². The normalized spacial score (nSPS) is 10.3. The number of nitriles is 2. The SMILES string of the molecule is CCOCCN(CCOCC)C(=O)c1ccc(Sc2cccc(C#N)c2C#N)cc1. The molecular weight excluding hydrogens is 398 g/mol. The molecule has 0 spiro atoms. The van der Waals surface area contributed by atoms with Crippen molar-refractivity contribution < 1.29 is 14.3 Å². The zero-order valence-corrected chi connectivity index (χ0v) is 18.1. The Hall–Kier alpha value is -2.84. The van der Waals surface area contributed by atoms with E-state index < -0.39 is 0 Å². The van der Waals surface area contributed by atoms with Gasteiger partial charge in [0.25, 0.3) is 5.91 Å². The van der Waals surface area contributed by atoms with Gasteiger partial charge in [-0.2, -0.15) is 10.5 Å². The highest BCUT2D eigenvalue weighted by Crippen LogP contribution is 2.31. The number of rotatable bonds is 11. The summed E-state index contributed by atoms with van der Waals surface area (Å²) in [6.07, 6.45) is 0. The van der Waals surface area contributed by atoms with Crippen LogP contribution in [-0.4, -0.2) is 50.3 Å². The number of carbonyl (C=O) groups is 1. The molecule has 6 nitrogen and oxygen atoms in total. The van der Waals surface area contributed by atoms with E-state index in [0.717, 1.165) is 4.90 Å². The van der Waals surface area contributed by atoms with E-state index in [1.165, 1.54) is 11.8 Å². The van der Waals surface area contributed by atoms with Crippen molar-refractivity contribution in [1.82, 2.24) is 4.90 Å². The molecule has 0 fully saturated rings. The van der Waals surface area contributed by atoms with Crippen LogP contribution in [0, 0.1) is 22.7 Å². The van der Waals surface area contributed by atoms with Crippen molar-refractivity contribution in [2.24, 2.45) is 0 Å². The van der Waals surface area contributed by atoms with Crippen molar-refractivity contribution in [3.05, 3.63) is 59.2 Å². The van der Waals surface area contributed by atoms with Gasteiger partial charge in [-0.3, -0.25) is 4.79 Å². The molecule has 0 unspecified atom stereocenters. The summed E-state index contributed by atoms with van der Waals surface area (Å²) in [5.41, 5.74) is 1.30. The fraction of sp³-hybridized carbons (Fsp3) is 0.348. The Morgan fingerprint density at radius 3 is 2.13 bits per heavy atom. The van der Waals surface area contributed by atoms with Crippen LogP contribution >= 0.6 is 11.8 Å². The van der Waals surface area contributed by atoms with E-state index >= 15 is 0 Å². The third-order valence-electron chi connectivity index (χ3n) is 4.29. The van der Waals surface area contributed by atoms with E-state index in [0.29, 0.717) is 61.1 Å². The van der Waals surface area contributed by atoms with E-state index in [9.17, 15) is 15.3 Å². The monoisotopic (exact) mass is 423 g/mol. The van der Waals surface area contributed by atoms with Crippen LogP contribution in [0.25, 0.3) is 0 Å². The van der Waals surface area contributed by atoms with Gasteiger partial charge in [0.15, 0.2) is 0 Å². The summed E-state index contributed by atoms with van der Waals surface area (Å²) in [6, 6.07) is 16.6. The standard InChI is InChI=1S/C23H25N3O3S/c1-3-28-14-12-26(13-15-29-4-2)23(27)18-8-10-20(11-9-18)30-22-7-5-6-19(16-24)21(22)17-25/h5-11H,3-4,12-15H2,1-2H3. The molecule has 0 atom stereocenters. The minimum Gasteiger partial charge on any atom is -0.380 e. The fourth-order valence-corrected chi connectivity index (χ4v) is 3.68. The lowest BCUT2D eigenvalue weighted by Gasteiger charge is -2.22. The van der Waals surface area contributed by atoms with Crippen molar-refractivity contribution in [2.75, 3.05) is 39.5 Å². The number of carbonyl (C=O) groups excluding carboxylic acids is 1. The molecule has 2 aromatic rings. The number of ether oxygens (including phenoxy) is 2. The highest BCUT2D eigenvalue weighted by molar-refractivity contribution is 7.99. The fourth-order valence-electron chi connectivity index (χ4n) is 2.75. The number of hydrogen-bond donors (Lipinski definition) is 0. The van der Waals surface area contributed by atoms with Crippen LogP contribution in [0.5, 0.6) is 0 Å². The first-order valence-corrected chi connectivity index (χ1v) is 10.6. The van der Waals surface area contributed by atoms with E-state index in [4.69, 9.17) is 9.47 Å². The van der Waals surface area contributed by atoms with E-state index in [1.807, 2.05) is 38.1 Å². The van der Waals surface area contributed by atoms with Gasteiger partial charge in [-0.1, -0.05) is 17.8 Å². The van der Waals surface area contributed by atoms with Crippen LogP contribution in [0.1, 0.15) is 35.3 Å². The van der Waals surface area contributed by atoms with Crippen molar-refractivity contribution in [1.29, 1.82) is 10.5 Å².